The van der Waals surface area contributed by atoms with Crippen molar-refractivity contribution in [2.45, 2.75) is 38.3 Å². The number of aryl methyl sites for hydroxylation is 1. The summed E-state index contributed by atoms with van der Waals surface area (Å²) in [6.45, 7) is 1.92. The molecule has 2 atom stereocenters. The maximum absolute atomic E-state index is 12.9. The molecule has 136 valence electrons. The molecule has 3 saturated heterocycles. The molecular weight excluding hydrogens is 344 g/mol. The number of fused-ring (bicyclic) bond motifs is 4. The first-order valence-corrected chi connectivity index (χ1v) is 10.3. The number of hydrogen-bond acceptors (Lipinski definition) is 3. The minimum atomic E-state index is -0.0393. The summed E-state index contributed by atoms with van der Waals surface area (Å²) in [5.41, 5.74) is 2.38. The van der Waals surface area contributed by atoms with Crippen molar-refractivity contribution < 1.29 is 9.59 Å². The molecule has 3 aliphatic heterocycles. The predicted molar refractivity (Wildman–Crippen MR) is 103 cm³/mol. The van der Waals surface area contributed by atoms with Gasteiger partial charge < -0.3 is 9.80 Å². The zero-order valence-corrected chi connectivity index (χ0v) is 15.7. The number of benzene rings is 1. The van der Waals surface area contributed by atoms with E-state index < -0.39 is 0 Å². The molecule has 5 rings (SSSR count). The van der Waals surface area contributed by atoms with Gasteiger partial charge in [0, 0.05) is 32.1 Å². The zero-order chi connectivity index (χ0) is 17.9. The van der Waals surface area contributed by atoms with Gasteiger partial charge >= 0.3 is 0 Å². The zero-order valence-electron chi connectivity index (χ0n) is 14.8. The Bertz CT molecular complexity index is 760. The van der Waals surface area contributed by atoms with Gasteiger partial charge in [-0.2, -0.15) is 11.3 Å². The van der Waals surface area contributed by atoms with Crippen LogP contribution in [0, 0.1) is 5.92 Å². The summed E-state index contributed by atoms with van der Waals surface area (Å²) in [5.74, 6) is 0.364. The lowest BCUT2D eigenvalue weighted by molar-refractivity contribution is -0.140. The second-order valence-corrected chi connectivity index (χ2v) is 8.09. The van der Waals surface area contributed by atoms with Crippen LogP contribution in [0.2, 0.25) is 0 Å². The highest BCUT2D eigenvalue weighted by atomic mass is 32.1. The van der Waals surface area contributed by atoms with Gasteiger partial charge in [0.1, 0.15) is 0 Å². The number of carbonyl (C=O) groups excluding carboxylic acids is 2. The van der Waals surface area contributed by atoms with Gasteiger partial charge in [0.15, 0.2) is 0 Å². The van der Waals surface area contributed by atoms with Crippen molar-refractivity contribution >= 4 is 23.2 Å². The van der Waals surface area contributed by atoms with E-state index in [1.807, 2.05) is 33.4 Å². The molecule has 2 bridgehead atoms. The van der Waals surface area contributed by atoms with Crippen LogP contribution in [-0.4, -0.2) is 40.7 Å². The van der Waals surface area contributed by atoms with Crippen molar-refractivity contribution in [1.82, 2.24) is 9.80 Å². The van der Waals surface area contributed by atoms with Gasteiger partial charge in [-0.1, -0.05) is 30.3 Å². The minimum absolute atomic E-state index is 0.0393. The molecule has 2 amide bonds. The highest BCUT2D eigenvalue weighted by molar-refractivity contribution is 7.07. The molecule has 1 aromatic heterocycles. The SMILES string of the molecule is O=C(CCc1ccsc1)N1C[C@@H]2CC[C@H](C1)N(Cc1ccccc1)C2=O. The van der Waals surface area contributed by atoms with Crippen LogP contribution >= 0.6 is 11.3 Å². The third kappa shape index (κ3) is 3.68. The Morgan fingerprint density at radius 3 is 2.69 bits per heavy atom. The Balaban J connectivity index is 1.43. The quantitative estimate of drug-likeness (QED) is 0.812. The highest BCUT2D eigenvalue weighted by Crippen LogP contribution is 2.30. The van der Waals surface area contributed by atoms with Crippen molar-refractivity contribution in [3.63, 3.8) is 0 Å². The van der Waals surface area contributed by atoms with Gasteiger partial charge in [0.2, 0.25) is 11.8 Å². The van der Waals surface area contributed by atoms with Gasteiger partial charge in [-0.25, -0.2) is 0 Å². The first-order valence-electron chi connectivity index (χ1n) is 9.34. The van der Waals surface area contributed by atoms with Crippen LogP contribution in [-0.2, 0) is 22.6 Å². The highest BCUT2D eigenvalue weighted by Gasteiger charge is 2.41. The molecule has 1 aromatic carbocycles. The monoisotopic (exact) mass is 368 g/mol. The number of piperidine rings is 1. The Labute approximate surface area is 158 Å². The molecule has 26 heavy (non-hydrogen) atoms. The van der Waals surface area contributed by atoms with Crippen molar-refractivity contribution in [2.75, 3.05) is 13.1 Å². The summed E-state index contributed by atoms with van der Waals surface area (Å²) in [6, 6.07) is 12.4. The summed E-state index contributed by atoms with van der Waals surface area (Å²) in [7, 11) is 0. The topological polar surface area (TPSA) is 40.6 Å². The van der Waals surface area contributed by atoms with Crippen LogP contribution in [0.15, 0.2) is 47.2 Å². The number of rotatable bonds is 5. The molecule has 0 aliphatic carbocycles. The van der Waals surface area contributed by atoms with Gasteiger partial charge in [-0.05, 0) is 47.2 Å². The fourth-order valence-electron chi connectivity index (χ4n) is 4.08. The Kier molecular flexibility index (Phi) is 5.07. The van der Waals surface area contributed by atoms with Gasteiger partial charge in [-0.3, -0.25) is 9.59 Å². The van der Waals surface area contributed by atoms with E-state index in [9.17, 15) is 9.59 Å². The van der Waals surface area contributed by atoms with Crippen molar-refractivity contribution in [1.29, 1.82) is 0 Å². The van der Waals surface area contributed by atoms with E-state index in [4.69, 9.17) is 0 Å². The lowest BCUT2D eigenvalue weighted by atomic mass is 9.93. The molecule has 4 nitrogen and oxygen atoms in total. The van der Waals surface area contributed by atoms with Crippen LogP contribution in [0.4, 0.5) is 0 Å². The molecule has 2 aromatic rings. The number of amides is 2. The van der Waals surface area contributed by atoms with Crippen LogP contribution in [0.3, 0.4) is 0 Å². The molecule has 3 aliphatic rings. The molecule has 5 heteroatoms. The lowest BCUT2D eigenvalue weighted by Crippen LogP contribution is -2.47. The number of thiophene rings is 1. The van der Waals surface area contributed by atoms with Crippen LogP contribution in [0.25, 0.3) is 0 Å². The first kappa shape index (κ1) is 17.3. The number of carbonyl (C=O) groups is 2. The Morgan fingerprint density at radius 2 is 1.92 bits per heavy atom. The van der Waals surface area contributed by atoms with E-state index in [0.717, 1.165) is 24.8 Å². The van der Waals surface area contributed by atoms with E-state index in [0.29, 0.717) is 26.1 Å². The van der Waals surface area contributed by atoms with E-state index in [1.54, 1.807) is 11.3 Å². The lowest BCUT2D eigenvalue weighted by Gasteiger charge is -2.36. The van der Waals surface area contributed by atoms with Crippen LogP contribution in [0.1, 0.15) is 30.4 Å². The van der Waals surface area contributed by atoms with Crippen LogP contribution < -0.4 is 0 Å². The van der Waals surface area contributed by atoms with Crippen molar-refractivity contribution in [2.24, 2.45) is 5.92 Å². The predicted octanol–water partition coefficient (Wildman–Crippen LogP) is 3.33. The normalized spacial score (nSPS) is 22.5. The van der Waals surface area contributed by atoms with Gasteiger partial charge in [-0.15, -0.1) is 0 Å². The Morgan fingerprint density at radius 1 is 1.08 bits per heavy atom. The standard InChI is InChI=1S/C21H24N2O2S/c24-20(9-6-17-10-11-26-15-17)22-13-18-7-8-19(14-22)23(21(18)25)12-16-4-2-1-3-5-16/h1-5,10-11,15,18-19H,6-9,12-14H2/t18-,19+/m0/s1. The second-order valence-electron chi connectivity index (χ2n) is 7.31. The summed E-state index contributed by atoms with van der Waals surface area (Å²) in [4.78, 5) is 29.6. The molecule has 0 spiro atoms. The molecule has 4 heterocycles. The largest absolute Gasteiger partial charge is 0.340 e. The average molecular weight is 369 g/mol. The fourth-order valence-corrected chi connectivity index (χ4v) is 4.78. The molecule has 0 saturated carbocycles. The van der Waals surface area contributed by atoms with Gasteiger partial charge in [0.05, 0.1) is 5.92 Å². The fraction of sp³-hybridized carbons (Fsp3) is 0.429. The Hall–Kier alpha value is -2.14. The van der Waals surface area contributed by atoms with Crippen molar-refractivity contribution in [3.8, 4) is 0 Å². The first-order chi connectivity index (χ1) is 12.7. The summed E-state index contributed by atoms with van der Waals surface area (Å²) >= 11 is 1.67. The summed E-state index contributed by atoms with van der Waals surface area (Å²) < 4.78 is 0. The third-order valence-corrected chi connectivity index (χ3v) is 6.28. The maximum Gasteiger partial charge on any atom is 0.228 e. The third-order valence-electron chi connectivity index (χ3n) is 5.55. The van der Waals surface area contributed by atoms with Gasteiger partial charge in [0.25, 0.3) is 0 Å². The number of nitrogens with zero attached hydrogens (tertiary/aromatic N) is 2. The summed E-state index contributed by atoms with van der Waals surface area (Å²) in [6.07, 6.45) is 3.22. The van der Waals surface area contributed by atoms with E-state index in [-0.39, 0.29) is 23.8 Å². The van der Waals surface area contributed by atoms with Crippen molar-refractivity contribution in [3.05, 3.63) is 58.3 Å². The van der Waals surface area contributed by atoms with E-state index >= 15 is 0 Å². The average Bonchev–Trinajstić information content (AvgIpc) is 3.04. The minimum Gasteiger partial charge on any atom is -0.340 e. The van der Waals surface area contributed by atoms with Crippen LogP contribution in [0.5, 0.6) is 0 Å². The molecular formula is C21H24N2O2S. The van der Waals surface area contributed by atoms with E-state index in [2.05, 4.69) is 23.6 Å². The molecule has 0 N–H and O–H groups in total. The summed E-state index contributed by atoms with van der Waals surface area (Å²) in [5, 5.41) is 4.15. The second kappa shape index (κ2) is 7.62. The molecule has 3 fully saturated rings. The number of hydrogen-bond donors (Lipinski definition) is 0. The van der Waals surface area contributed by atoms with E-state index in [1.165, 1.54) is 5.56 Å². The molecule has 0 unspecified atom stereocenters. The maximum atomic E-state index is 12.9. The smallest absolute Gasteiger partial charge is 0.228 e. The molecule has 0 radical (unpaired) electrons.